The second kappa shape index (κ2) is 6.83. The highest BCUT2D eigenvalue weighted by Gasteiger charge is 2.26. The van der Waals surface area contributed by atoms with Crippen LogP contribution in [0.5, 0.6) is 0 Å². The summed E-state index contributed by atoms with van der Waals surface area (Å²) in [7, 11) is 0. The Morgan fingerprint density at radius 3 is 2.95 bits per heavy atom. The highest BCUT2D eigenvalue weighted by molar-refractivity contribution is 5.92. The number of aryl methyl sites for hydroxylation is 1. The van der Waals surface area contributed by atoms with Crippen molar-refractivity contribution in [3.05, 3.63) is 5.82 Å². The fourth-order valence-corrected chi connectivity index (χ4v) is 2.67. The lowest BCUT2D eigenvalue weighted by atomic mass is 9.88. The van der Waals surface area contributed by atoms with E-state index < -0.39 is 6.10 Å². The number of anilines is 1. The smallest absolute Gasteiger partial charge is 0.255 e. The molecule has 3 atom stereocenters. The Labute approximate surface area is 119 Å². The summed E-state index contributed by atoms with van der Waals surface area (Å²) < 4.78 is 5.97. The van der Waals surface area contributed by atoms with Gasteiger partial charge in [-0.15, -0.1) is 5.10 Å². The Kier molecular flexibility index (Phi) is 5.11. The van der Waals surface area contributed by atoms with Gasteiger partial charge in [0.25, 0.3) is 5.91 Å². The standard InChI is InChI=1S/C14H24N4O2/c1-4-12(20-11-7-5-6-9(2)8-11)13(19)16-14-15-10(3)17-18-14/h9,11-12H,4-8H2,1-3H3,(H2,15,16,17,18,19)/t9-,11-,12+/m1/s1. The second-order valence-corrected chi connectivity index (χ2v) is 5.66. The number of nitrogens with one attached hydrogen (secondary N) is 2. The molecule has 6 heteroatoms. The molecular formula is C14H24N4O2. The van der Waals surface area contributed by atoms with E-state index in [-0.39, 0.29) is 12.0 Å². The number of rotatable bonds is 5. The predicted molar refractivity (Wildman–Crippen MR) is 76.3 cm³/mol. The van der Waals surface area contributed by atoms with Crippen LogP contribution in [0.4, 0.5) is 5.95 Å². The number of hydrogen-bond acceptors (Lipinski definition) is 4. The number of aromatic nitrogens is 3. The summed E-state index contributed by atoms with van der Waals surface area (Å²) in [4.78, 5) is 16.3. The number of H-pyrrole nitrogens is 1. The molecule has 1 fully saturated rings. The average molecular weight is 280 g/mol. The zero-order valence-corrected chi connectivity index (χ0v) is 12.5. The highest BCUT2D eigenvalue weighted by atomic mass is 16.5. The molecule has 6 nitrogen and oxygen atoms in total. The van der Waals surface area contributed by atoms with Gasteiger partial charge in [0.05, 0.1) is 6.10 Å². The number of ether oxygens (including phenoxy) is 1. The van der Waals surface area contributed by atoms with E-state index in [1.54, 1.807) is 6.92 Å². The first-order valence-electron chi connectivity index (χ1n) is 7.43. The van der Waals surface area contributed by atoms with E-state index in [0.29, 0.717) is 24.1 Å². The van der Waals surface area contributed by atoms with Crippen molar-refractivity contribution in [2.45, 2.75) is 65.1 Å². The summed E-state index contributed by atoms with van der Waals surface area (Å²) in [5.41, 5.74) is 0. The van der Waals surface area contributed by atoms with Crippen molar-refractivity contribution < 1.29 is 9.53 Å². The van der Waals surface area contributed by atoms with Crippen LogP contribution < -0.4 is 5.32 Å². The number of aromatic amines is 1. The van der Waals surface area contributed by atoms with Gasteiger partial charge in [0.15, 0.2) is 0 Å². The van der Waals surface area contributed by atoms with E-state index >= 15 is 0 Å². The normalized spacial score (nSPS) is 24.4. The monoisotopic (exact) mass is 280 g/mol. The molecular weight excluding hydrogens is 256 g/mol. The Bertz CT molecular complexity index is 446. The van der Waals surface area contributed by atoms with Crippen LogP contribution in [0.3, 0.4) is 0 Å². The van der Waals surface area contributed by atoms with Gasteiger partial charge < -0.3 is 4.74 Å². The first-order valence-corrected chi connectivity index (χ1v) is 7.43. The third-order valence-electron chi connectivity index (χ3n) is 3.74. The number of amides is 1. The Balaban J connectivity index is 1.88. The predicted octanol–water partition coefficient (Wildman–Crippen LogP) is 2.43. The molecule has 1 amide bonds. The van der Waals surface area contributed by atoms with Gasteiger partial charge in [0.2, 0.25) is 5.95 Å². The lowest BCUT2D eigenvalue weighted by Crippen LogP contribution is -2.35. The summed E-state index contributed by atoms with van der Waals surface area (Å²) in [6.07, 6.45) is 4.97. The zero-order chi connectivity index (χ0) is 14.5. The molecule has 0 spiro atoms. The second-order valence-electron chi connectivity index (χ2n) is 5.66. The van der Waals surface area contributed by atoms with Crippen LogP contribution in [0.25, 0.3) is 0 Å². The van der Waals surface area contributed by atoms with Crippen LogP contribution >= 0.6 is 0 Å². The molecule has 1 aromatic rings. The summed E-state index contributed by atoms with van der Waals surface area (Å²) >= 11 is 0. The number of hydrogen-bond donors (Lipinski definition) is 2. The molecule has 1 aromatic heterocycles. The van der Waals surface area contributed by atoms with E-state index in [4.69, 9.17) is 4.74 Å². The zero-order valence-electron chi connectivity index (χ0n) is 12.5. The van der Waals surface area contributed by atoms with E-state index in [1.165, 1.54) is 12.8 Å². The van der Waals surface area contributed by atoms with Crippen LogP contribution in [0.15, 0.2) is 0 Å². The number of carbonyl (C=O) groups is 1. The minimum absolute atomic E-state index is 0.162. The van der Waals surface area contributed by atoms with Gasteiger partial charge in [-0.1, -0.05) is 26.7 Å². The molecule has 20 heavy (non-hydrogen) atoms. The molecule has 1 saturated carbocycles. The minimum atomic E-state index is -0.427. The molecule has 0 saturated heterocycles. The van der Waals surface area contributed by atoms with Crippen molar-refractivity contribution in [2.24, 2.45) is 5.92 Å². The van der Waals surface area contributed by atoms with Gasteiger partial charge >= 0.3 is 0 Å². The molecule has 0 radical (unpaired) electrons. The number of nitrogens with zero attached hydrogens (tertiary/aromatic N) is 2. The molecule has 0 aromatic carbocycles. The van der Waals surface area contributed by atoms with Gasteiger partial charge in [-0.3, -0.25) is 15.2 Å². The molecule has 112 valence electrons. The van der Waals surface area contributed by atoms with Gasteiger partial charge in [0, 0.05) is 0 Å². The van der Waals surface area contributed by atoms with E-state index in [0.717, 1.165) is 12.8 Å². The fraction of sp³-hybridized carbons (Fsp3) is 0.786. The van der Waals surface area contributed by atoms with Gasteiger partial charge in [0.1, 0.15) is 11.9 Å². The average Bonchev–Trinajstić information content (AvgIpc) is 2.81. The molecule has 0 bridgehead atoms. The van der Waals surface area contributed by atoms with E-state index in [9.17, 15) is 4.79 Å². The summed E-state index contributed by atoms with van der Waals surface area (Å²) in [6, 6.07) is 0. The first kappa shape index (κ1) is 15.0. The SMILES string of the molecule is CC[C@H](O[C@@H]1CCC[C@@H](C)C1)C(=O)Nc1n[nH]c(C)n1. The van der Waals surface area contributed by atoms with Crippen LogP contribution in [-0.4, -0.2) is 33.3 Å². The van der Waals surface area contributed by atoms with Crippen LogP contribution in [0.1, 0.15) is 51.8 Å². The maximum atomic E-state index is 12.2. The van der Waals surface area contributed by atoms with Crippen molar-refractivity contribution >= 4 is 11.9 Å². The quantitative estimate of drug-likeness (QED) is 0.868. The Hall–Kier alpha value is -1.43. The van der Waals surface area contributed by atoms with E-state index in [1.807, 2.05) is 6.92 Å². The fourth-order valence-electron chi connectivity index (χ4n) is 2.67. The lowest BCUT2D eigenvalue weighted by molar-refractivity contribution is -0.133. The Morgan fingerprint density at radius 2 is 2.35 bits per heavy atom. The van der Waals surface area contributed by atoms with Gasteiger partial charge in [-0.05, 0) is 32.1 Å². The van der Waals surface area contributed by atoms with Crippen LogP contribution in [0, 0.1) is 12.8 Å². The van der Waals surface area contributed by atoms with Crippen LogP contribution in [0.2, 0.25) is 0 Å². The highest BCUT2D eigenvalue weighted by Crippen LogP contribution is 2.27. The van der Waals surface area contributed by atoms with E-state index in [2.05, 4.69) is 27.4 Å². The molecule has 1 aliphatic carbocycles. The maximum absolute atomic E-state index is 12.2. The lowest BCUT2D eigenvalue weighted by Gasteiger charge is -2.29. The van der Waals surface area contributed by atoms with Crippen molar-refractivity contribution in [3.63, 3.8) is 0 Å². The largest absolute Gasteiger partial charge is 0.365 e. The third kappa shape index (κ3) is 4.03. The van der Waals surface area contributed by atoms with Crippen molar-refractivity contribution in [3.8, 4) is 0 Å². The molecule has 0 aliphatic heterocycles. The van der Waals surface area contributed by atoms with Crippen molar-refractivity contribution in [2.75, 3.05) is 5.32 Å². The summed E-state index contributed by atoms with van der Waals surface area (Å²) in [5.74, 6) is 1.51. The topological polar surface area (TPSA) is 79.9 Å². The minimum Gasteiger partial charge on any atom is -0.365 e. The Morgan fingerprint density at radius 1 is 1.55 bits per heavy atom. The summed E-state index contributed by atoms with van der Waals surface area (Å²) in [6.45, 7) is 5.99. The molecule has 0 unspecified atom stereocenters. The van der Waals surface area contributed by atoms with Crippen molar-refractivity contribution in [1.29, 1.82) is 0 Å². The molecule has 1 aliphatic rings. The third-order valence-corrected chi connectivity index (χ3v) is 3.74. The van der Waals surface area contributed by atoms with Gasteiger partial charge in [-0.2, -0.15) is 4.98 Å². The van der Waals surface area contributed by atoms with Crippen LogP contribution in [-0.2, 0) is 9.53 Å². The maximum Gasteiger partial charge on any atom is 0.255 e. The molecule has 2 rings (SSSR count). The molecule has 2 N–H and O–H groups in total. The van der Waals surface area contributed by atoms with Crippen molar-refractivity contribution in [1.82, 2.24) is 15.2 Å². The summed E-state index contributed by atoms with van der Waals surface area (Å²) in [5, 5.41) is 9.31. The first-order chi connectivity index (χ1) is 9.58. The molecule has 1 heterocycles. The number of carbonyl (C=O) groups excluding carboxylic acids is 1. The van der Waals surface area contributed by atoms with Gasteiger partial charge in [-0.25, -0.2) is 0 Å².